The lowest BCUT2D eigenvalue weighted by atomic mass is 10.0. The van der Waals surface area contributed by atoms with Crippen molar-refractivity contribution in [3.05, 3.63) is 19.6 Å². The molecule has 145 valence electrons. The zero-order valence-electron chi connectivity index (χ0n) is 16.3. The molecular formula is C21H36N5. The molecule has 2 heterocycles. The van der Waals surface area contributed by atoms with Gasteiger partial charge < -0.3 is 10.3 Å². The van der Waals surface area contributed by atoms with Crippen molar-refractivity contribution < 1.29 is 0 Å². The van der Waals surface area contributed by atoms with Crippen molar-refractivity contribution >= 4 is 17.0 Å². The van der Waals surface area contributed by atoms with Crippen LogP contribution in [0.2, 0.25) is 0 Å². The first-order valence-corrected chi connectivity index (χ1v) is 10.5. The Hall–Kier alpha value is -1.65. The van der Waals surface area contributed by atoms with E-state index in [1.54, 1.807) is 0 Å². The van der Waals surface area contributed by atoms with E-state index in [1.807, 2.05) is 6.33 Å². The van der Waals surface area contributed by atoms with Crippen LogP contribution in [-0.4, -0.2) is 19.5 Å². The van der Waals surface area contributed by atoms with E-state index >= 15 is 0 Å². The summed E-state index contributed by atoms with van der Waals surface area (Å²) in [7, 11) is 0. The van der Waals surface area contributed by atoms with Crippen molar-refractivity contribution in [2.45, 2.75) is 96.4 Å². The molecule has 2 aromatic rings. The Balaban J connectivity index is 1.42. The van der Waals surface area contributed by atoms with E-state index in [0.717, 1.165) is 24.1 Å². The van der Waals surface area contributed by atoms with Gasteiger partial charge in [0.1, 0.15) is 11.8 Å². The lowest BCUT2D eigenvalue weighted by Crippen LogP contribution is -1.99. The second-order valence-corrected chi connectivity index (χ2v) is 7.32. The van der Waals surface area contributed by atoms with Crippen LogP contribution in [0.1, 0.15) is 89.9 Å². The van der Waals surface area contributed by atoms with Gasteiger partial charge in [-0.25, -0.2) is 15.0 Å². The van der Waals surface area contributed by atoms with Crippen LogP contribution in [0.15, 0.2) is 12.7 Å². The van der Waals surface area contributed by atoms with Gasteiger partial charge in [0.15, 0.2) is 11.5 Å². The molecule has 5 nitrogen and oxygen atoms in total. The lowest BCUT2D eigenvalue weighted by molar-refractivity contribution is 0.526. The maximum Gasteiger partial charge on any atom is 0.165 e. The fourth-order valence-electron chi connectivity index (χ4n) is 3.47. The van der Waals surface area contributed by atoms with Crippen molar-refractivity contribution in [1.82, 2.24) is 19.5 Å². The molecule has 0 aliphatic carbocycles. The number of anilines is 1. The average molecular weight is 359 g/mol. The van der Waals surface area contributed by atoms with Crippen molar-refractivity contribution in [1.29, 1.82) is 0 Å². The van der Waals surface area contributed by atoms with Crippen molar-refractivity contribution in [3.63, 3.8) is 0 Å². The van der Waals surface area contributed by atoms with Crippen LogP contribution in [0, 0.1) is 6.92 Å². The fraction of sp³-hybridized carbons (Fsp3) is 0.714. The van der Waals surface area contributed by atoms with E-state index in [1.165, 1.54) is 89.8 Å². The summed E-state index contributed by atoms with van der Waals surface area (Å²) in [6, 6.07) is 0. The number of nitrogens with two attached hydrogens (primary N) is 1. The molecule has 1 radical (unpaired) electrons. The fourth-order valence-corrected chi connectivity index (χ4v) is 3.47. The van der Waals surface area contributed by atoms with Gasteiger partial charge in [-0.3, -0.25) is 0 Å². The highest BCUT2D eigenvalue weighted by atomic mass is 15.1. The van der Waals surface area contributed by atoms with Gasteiger partial charge in [-0.15, -0.1) is 0 Å². The van der Waals surface area contributed by atoms with Gasteiger partial charge in [-0.2, -0.15) is 0 Å². The molecule has 26 heavy (non-hydrogen) atoms. The van der Waals surface area contributed by atoms with Crippen LogP contribution in [0.5, 0.6) is 0 Å². The topological polar surface area (TPSA) is 69.6 Å². The second-order valence-electron chi connectivity index (χ2n) is 7.32. The van der Waals surface area contributed by atoms with Gasteiger partial charge in [0, 0.05) is 6.54 Å². The lowest BCUT2D eigenvalue weighted by Gasteiger charge is -2.05. The number of hydrogen-bond donors (Lipinski definition) is 1. The predicted molar refractivity (Wildman–Crippen MR) is 110 cm³/mol. The zero-order valence-corrected chi connectivity index (χ0v) is 16.3. The third-order valence-corrected chi connectivity index (χ3v) is 5.08. The molecule has 0 saturated carbocycles. The SMILES string of the molecule is [CH2]CCCCCCCCCCCCCCCn1cnc2c(N)ncnc21. The molecule has 0 spiro atoms. The smallest absolute Gasteiger partial charge is 0.165 e. The molecule has 0 atom stereocenters. The molecule has 0 unspecified atom stereocenters. The summed E-state index contributed by atoms with van der Waals surface area (Å²) in [6.45, 7) is 4.85. The Labute approximate surface area is 158 Å². The molecule has 5 heteroatoms. The van der Waals surface area contributed by atoms with Crippen LogP contribution < -0.4 is 5.73 Å². The largest absolute Gasteiger partial charge is 0.382 e. The number of rotatable bonds is 15. The number of aryl methyl sites for hydroxylation is 1. The van der Waals surface area contributed by atoms with Crippen LogP contribution in [0.3, 0.4) is 0 Å². The molecule has 0 aliphatic rings. The number of nitrogen functional groups attached to an aromatic ring is 1. The van der Waals surface area contributed by atoms with Gasteiger partial charge >= 0.3 is 0 Å². The molecule has 0 aromatic carbocycles. The normalized spacial score (nSPS) is 11.4. The summed E-state index contributed by atoms with van der Waals surface area (Å²) in [5, 5.41) is 0. The van der Waals surface area contributed by atoms with Crippen molar-refractivity contribution in [3.8, 4) is 0 Å². The maximum absolute atomic E-state index is 5.82. The highest BCUT2D eigenvalue weighted by molar-refractivity contribution is 5.80. The Bertz CT molecular complexity index is 607. The van der Waals surface area contributed by atoms with E-state index in [4.69, 9.17) is 5.73 Å². The molecule has 0 aliphatic heterocycles. The Morgan fingerprint density at radius 3 is 1.85 bits per heavy atom. The monoisotopic (exact) mass is 358 g/mol. The van der Waals surface area contributed by atoms with Crippen molar-refractivity contribution in [2.75, 3.05) is 5.73 Å². The van der Waals surface area contributed by atoms with Crippen molar-refractivity contribution in [2.24, 2.45) is 0 Å². The molecule has 0 saturated heterocycles. The summed E-state index contributed by atoms with van der Waals surface area (Å²) in [5.41, 5.74) is 7.39. The second kappa shape index (κ2) is 12.7. The first kappa shape index (κ1) is 20.7. The van der Waals surface area contributed by atoms with E-state index in [9.17, 15) is 0 Å². The number of nitrogens with zero attached hydrogens (tertiary/aromatic N) is 4. The highest BCUT2D eigenvalue weighted by Crippen LogP contribution is 2.16. The Morgan fingerprint density at radius 1 is 0.731 bits per heavy atom. The maximum atomic E-state index is 5.82. The standard InChI is InChI=1S/C21H36N5/c1-2-3-4-5-6-7-8-9-10-11-12-13-14-15-16-26-18-25-19-20(22)23-17-24-21(19)26/h17-18H,1-16H2,(H2,22,23,24). The van der Waals surface area contributed by atoms with E-state index < -0.39 is 0 Å². The summed E-state index contributed by atoms with van der Waals surface area (Å²) in [6.07, 6.45) is 22.1. The summed E-state index contributed by atoms with van der Waals surface area (Å²) >= 11 is 0. The van der Waals surface area contributed by atoms with Crippen LogP contribution in [-0.2, 0) is 6.54 Å². The van der Waals surface area contributed by atoms with Gasteiger partial charge in [-0.05, 0) is 6.42 Å². The van der Waals surface area contributed by atoms with Gasteiger partial charge in [-0.1, -0.05) is 90.4 Å². The molecule has 0 amide bonds. The van der Waals surface area contributed by atoms with E-state index in [-0.39, 0.29) is 0 Å². The Morgan fingerprint density at radius 2 is 1.27 bits per heavy atom. The summed E-state index contributed by atoms with van der Waals surface area (Å²) < 4.78 is 2.09. The summed E-state index contributed by atoms with van der Waals surface area (Å²) in [5.74, 6) is 0.465. The predicted octanol–water partition coefficient (Wildman–Crippen LogP) is 5.70. The number of unbranched alkanes of at least 4 members (excludes halogenated alkanes) is 13. The highest BCUT2D eigenvalue weighted by Gasteiger charge is 2.06. The first-order chi connectivity index (χ1) is 12.8. The molecule has 0 fully saturated rings. The van der Waals surface area contributed by atoms with Gasteiger partial charge in [0.25, 0.3) is 0 Å². The van der Waals surface area contributed by atoms with Gasteiger partial charge in [0.2, 0.25) is 0 Å². The molecule has 2 aromatic heterocycles. The minimum atomic E-state index is 0.465. The third kappa shape index (κ3) is 7.30. The molecule has 0 bridgehead atoms. The molecule has 2 rings (SSSR count). The van der Waals surface area contributed by atoms with Crippen LogP contribution >= 0.6 is 0 Å². The van der Waals surface area contributed by atoms with Crippen LogP contribution in [0.4, 0.5) is 5.82 Å². The first-order valence-electron chi connectivity index (χ1n) is 10.5. The number of aromatic nitrogens is 4. The number of fused-ring (bicyclic) bond motifs is 1. The number of hydrogen-bond acceptors (Lipinski definition) is 4. The summed E-state index contributed by atoms with van der Waals surface area (Å²) in [4.78, 5) is 12.6. The van der Waals surface area contributed by atoms with Gasteiger partial charge in [0.05, 0.1) is 6.33 Å². The Kier molecular flexibility index (Phi) is 10.1. The van der Waals surface area contributed by atoms with E-state index in [0.29, 0.717) is 5.82 Å². The van der Waals surface area contributed by atoms with E-state index in [2.05, 4.69) is 26.4 Å². The molecule has 2 N–H and O–H groups in total. The minimum Gasteiger partial charge on any atom is -0.382 e. The third-order valence-electron chi connectivity index (χ3n) is 5.08. The quantitative estimate of drug-likeness (QED) is 0.414. The molecular weight excluding hydrogens is 322 g/mol. The number of imidazole rings is 1. The average Bonchev–Trinajstić information content (AvgIpc) is 3.06. The zero-order chi connectivity index (χ0) is 18.5. The minimum absolute atomic E-state index is 0.465. The van der Waals surface area contributed by atoms with Crippen LogP contribution in [0.25, 0.3) is 11.2 Å².